The summed E-state index contributed by atoms with van der Waals surface area (Å²) in [6.45, 7) is 0.659. The monoisotopic (exact) mass is 324 g/mol. The van der Waals surface area contributed by atoms with E-state index in [-0.39, 0.29) is 6.61 Å². The molecular formula is C22H28O2. The molecule has 0 radical (unpaired) electrons. The van der Waals surface area contributed by atoms with Crippen LogP contribution >= 0.6 is 0 Å². The molecule has 0 heterocycles. The highest BCUT2D eigenvalue weighted by Gasteiger charge is 2.13. The van der Waals surface area contributed by atoms with Crippen molar-refractivity contribution in [2.45, 2.75) is 64.1 Å². The molecule has 1 aliphatic carbocycles. The van der Waals surface area contributed by atoms with E-state index in [1.54, 1.807) is 0 Å². The molecule has 2 aromatic rings. The molecule has 1 aliphatic rings. The molecule has 2 aromatic carbocycles. The maximum Gasteiger partial charge on any atom is 0.119 e. The normalized spacial score (nSPS) is 16.4. The number of ether oxygens (including phenoxy) is 1. The Balaban J connectivity index is 1.55. The van der Waals surface area contributed by atoms with Gasteiger partial charge in [0.2, 0.25) is 0 Å². The van der Waals surface area contributed by atoms with Crippen LogP contribution in [-0.4, -0.2) is 5.11 Å². The highest BCUT2D eigenvalue weighted by Crippen LogP contribution is 2.31. The molecule has 0 unspecified atom stereocenters. The Morgan fingerprint density at radius 3 is 1.96 bits per heavy atom. The first-order chi connectivity index (χ1) is 11.8. The minimum Gasteiger partial charge on any atom is -0.489 e. The SMILES string of the molecule is OCc1ccc(OCc2ccc(C3CCCCCCC3)cc2)cc1. The second-order valence-electron chi connectivity index (χ2n) is 6.87. The molecular weight excluding hydrogens is 296 g/mol. The average Bonchev–Trinajstić information content (AvgIpc) is 2.61. The Morgan fingerprint density at radius 2 is 1.33 bits per heavy atom. The summed E-state index contributed by atoms with van der Waals surface area (Å²) in [7, 11) is 0. The molecule has 1 N–H and O–H groups in total. The molecule has 2 heteroatoms. The molecule has 2 nitrogen and oxygen atoms in total. The Kier molecular flexibility index (Phi) is 6.31. The molecule has 3 rings (SSSR count). The lowest BCUT2D eigenvalue weighted by Gasteiger charge is -2.20. The zero-order valence-electron chi connectivity index (χ0n) is 14.4. The quantitative estimate of drug-likeness (QED) is 0.777. The van der Waals surface area contributed by atoms with E-state index in [9.17, 15) is 0 Å². The summed E-state index contributed by atoms with van der Waals surface area (Å²) in [4.78, 5) is 0. The highest BCUT2D eigenvalue weighted by molar-refractivity contribution is 5.28. The maximum atomic E-state index is 9.06. The molecule has 0 spiro atoms. The molecule has 0 aliphatic heterocycles. The second kappa shape index (κ2) is 8.89. The van der Waals surface area contributed by atoms with Crippen molar-refractivity contribution < 1.29 is 9.84 Å². The summed E-state index contributed by atoms with van der Waals surface area (Å²) >= 11 is 0. The highest BCUT2D eigenvalue weighted by atomic mass is 16.5. The van der Waals surface area contributed by atoms with Crippen molar-refractivity contribution in [2.24, 2.45) is 0 Å². The van der Waals surface area contributed by atoms with Crippen molar-refractivity contribution in [3.63, 3.8) is 0 Å². The number of aliphatic hydroxyl groups is 1. The zero-order valence-corrected chi connectivity index (χ0v) is 14.4. The predicted octanol–water partition coefficient (Wildman–Crippen LogP) is 5.59. The van der Waals surface area contributed by atoms with Crippen LogP contribution in [0, 0.1) is 0 Å². The van der Waals surface area contributed by atoms with Gasteiger partial charge in [-0.2, -0.15) is 0 Å². The zero-order chi connectivity index (χ0) is 16.6. The van der Waals surface area contributed by atoms with Gasteiger partial charge in [0.15, 0.2) is 0 Å². The molecule has 0 amide bonds. The van der Waals surface area contributed by atoms with Crippen molar-refractivity contribution >= 4 is 0 Å². The lowest BCUT2D eigenvalue weighted by atomic mass is 9.86. The summed E-state index contributed by atoms with van der Waals surface area (Å²) in [5.74, 6) is 1.59. The van der Waals surface area contributed by atoms with Crippen molar-refractivity contribution in [1.82, 2.24) is 0 Å². The topological polar surface area (TPSA) is 29.5 Å². The van der Waals surface area contributed by atoms with E-state index < -0.39 is 0 Å². The summed E-state index contributed by atoms with van der Waals surface area (Å²) in [5, 5.41) is 9.06. The molecule has 0 aromatic heterocycles. The fraction of sp³-hybridized carbons (Fsp3) is 0.455. The number of rotatable bonds is 5. The summed E-state index contributed by atoms with van der Waals surface area (Å²) in [6.07, 6.45) is 9.65. The third-order valence-corrected chi connectivity index (χ3v) is 5.07. The molecule has 128 valence electrons. The van der Waals surface area contributed by atoms with E-state index in [0.29, 0.717) is 6.61 Å². The van der Waals surface area contributed by atoms with Crippen LogP contribution in [0.15, 0.2) is 48.5 Å². The van der Waals surface area contributed by atoms with E-state index in [1.165, 1.54) is 56.1 Å². The summed E-state index contributed by atoms with van der Waals surface area (Å²) in [5.41, 5.74) is 3.61. The Hall–Kier alpha value is -1.80. The van der Waals surface area contributed by atoms with Crippen LogP contribution in [0.2, 0.25) is 0 Å². The van der Waals surface area contributed by atoms with E-state index >= 15 is 0 Å². The van der Waals surface area contributed by atoms with Crippen LogP contribution in [0.1, 0.15) is 67.6 Å². The van der Waals surface area contributed by atoms with Gasteiger partial charge in [-0.15, -0.1) is 0 Å². The minimum absolute atomic E-state index is 0.0723. The van der Waals surface area contributed by atoms with Gasteiger partial charge in [0.25, 0.3) is 0 Å². The van der Waals surface area contributed by atoms with Gasteiger partial charge in [-0.25, -0.2) is 0 Å². The fourth-order valence-electron chi connectivity index (χ4n) is 3.53. The van der Waals surface area contributed by atoms with Crippen LogP contribution in [0.5, 0.6) is 5.75 Å². The van der Waals surface area contributed by atoms with Crippen LogP contribution in [0.25, 0.3) is 0 Å². The molecule has 0 bridgehead atoms. The average molecular weight is 324 g/mol. The molecule has 1 fully saturated rings. The number of hydrogen-bond donors (Lipinski definition) is 1. The molecule has 1 saturated carbocycles. The first-order valence-electron chi connectivity index (χ1n) is 9.26. The number of benzene rings is 2. The van der Waals surface area contributed by atoms with E-state index in [2.05, 4.69) is 24.3 Å². The summed E-state index contributed by atoms with van der Waals surface area (Å²) < 4.78 is 5.83. The Labute approximate surface area is 145 Å². The second-order valence-corrected chi connectivity index (χ2v) is 6.87. The lowest BCUT2D eigenvalue weighted by molar-refractivity contribution is 0.280. The largest absolute Gasteiger partial charge is 0.489 e. The van der Waals surface area contributed by atoms with Gasteiger partial charge in [-0.1, -0.05) is 68.5 Å². The van der Waals surface area contributed by atoms with Crippen LogP contribution < -0.4 is 4.74 Å². The van der Waals surface area contributed by atoms with Crippen LogP contribution in [0.4, 0.5) is 0 Å². The third kappa shape index (κ3) is 4.85. The van der Waals surface area contributed by atoms with Gasteiger partial charge in [0.05, 0.1) is 6.61 Å². The minimum atomic E-state index is 0.0723. The smallest absolute Gasteiger partial charge is 0.119 e. The van der Waals surface area contributed by atoms with Crippen molar-refractivity contribution in [3.8, 4) is 5.75 Å². The maximum absolute atomic E-state index is 9.06. The Bertz CT molecular complexity index is 593. The van der Waals surface area contributed by atoms with Crippen molar-refractivity contribution in [3.05, 3.63) is 65.2 Å². The number of hydrogen-bond acceptors (Lipinski definition) is 2. The van der Waals surface area contributed by atoms with Crippen LogP contribution in [0.3, 0.4) is 0 Å². The van der Waals surface area contributed by atoms with Gasteiger partial charge < -0.3 is 9.84 Å². The predicted molar refractivity (Wildman–Crippen MR) is 98.2 cm³/mol. The molecule has 0 atom stereocenters. The van der Waals surface area contributed by atoms with Crippen molar-refractivity contribution in [1.29, 1.82) is 0 Å². The van der Waals surface area contributed by atoms with E-state index in [1.807, 2.05) is 24.3 Å². The molecule has 0 saturated heterocycles. The molecule has 24 heavy (non-hydrogen) atoms. The number of aliphatic hydroxyl groups excluding tert-OH is 1. The lowest BCUT2D eigenvalue weighted by Crippen LogP contribution is -2.03. The van der Waals surface area contributed by atoms with Crippen molar-refractivity contribution in [2.75, 3.05) is 0 Å². The van der Waals surface area contributed by atoms with E-state index in [0.717, 1.165) is 17.2 Å². The third-order valence-electron chi connectivity index (χ3n) is 5.07. The van der Waals surface area contributed by atoms with Gasteiger partial charge in [-0.3, -0.25) is 0 Å². The van der Waals surface area contributed by atoms with E-state index in [4.69, 9.17) is 9.84 Å². The fourth-order valence-corrected chi connectivity index (χ4v) is 3.53. The van der Waals surface area contributed by atoms with Gasteiger partial charge in [-0.05, 0) is 47.6 Å². The van der Waals surface area contributed by atoms with Gasteiger partial charge >= 0.3 is 0 Å². The summed E-state index contributed by atoms with van der Waals surface area (Å²) in [6, 6.07) is 16.6. The Morgan fingerprint density at radius 1 is 0.750 bits per heavy atom. The van der Waals surface area contributed by atoms with Crippen LogP contribution in [-0.2, 0) is 13.2 Å². The van der Waals surface area contributed by atoms with Gasteiger partial charge in [0, 0.05) is 0 Å². The van der Waals surface area contributed by atoms with Gasteiger partial charge in [0.1, 0.15) is 12.4 Å². The first kappa shape index (κ1) is 17.0. The first-order valence-corrected chi connectivity index (χ1v) is 9.26. The standard InChI is InChI=1S/C22H28O2/c23-16-18-10-14-22(15-11-18)24-17-19-8-12-21(13-9-19)20-6-4-2-1-3-5-7-20/h8-15,20,23H,1-7,16-17H2.